The molecule has 1 aliphatic rings. The van der Waals surface area contributed by atoms with Gasteiger partial charge in [-0.15, -0.1) is 0 Å². The Morgan fingerprint density at radius 1 is 1.06 bits per heavy atom. The molecule has 1 fully saturated rings. The van der Waals surface area contributed by atoms with Gasteiger partial charge in [-0.1, -0.05) is 105 Å². The van der Waals surface area contributed by atoms with Crippen LogP contribution in [0.2, 0.25) is 0 Å². The lowest BCUT2D eigenvalue weighted by Crippen LogP contribution is -2.50. The molecule has 6 nitrogen and oxygen atoms in total. The molecule has 0 spiro atoms. The monoisotopic (exact) mass is 719 g/mol. The van der Waals surface area contributed by atoms with Crippen molar-refractivity contribution in [3.63, 3.8) is 0 Å². The van der Waals surface area contributed by atoms with Crippen LogP contribution >= 0.6 is 0 Å². The summed E-state index contributed by atoms with van der Waals surface area (Å²) in [6.45, 7) is 36.7. The van der Waals surface area contributed by atoms with E-state index in [4.69, 9.17) is 4.98 Å². The van der Waals surface area contributed by atoms with Crippen LogP contribution in [0.15, 0.2) is 55.2 Å². The Kier molecular flexibility index (Phi) is 16.1. The van der Waals surface area contributed by atoms with E-state index in [-0.39, 0.29) is 5.41 Å². The molecule has 1 saturated heterocycles. The molecule has 5 rings (SSSR count). The smallest absolute Gasteiger partial charge is 0.124 e. The van der Waals surface area contributed by atoms with Gasteiger partial charge >= 0.3 is 0 Å². The van der Waals surface area contributed by atoms with Crippen molar-refractivity contribution in [1.82, 2.24) is 24.8 Å². The van der Waals surface area contributed by atoms with Gasteiger partial charge in [0, 0.05) is 50.0 Å². The maximum Gasteiger partial charge on any atom is 0.124 e. The lowest BCUT2D eigenvalue weighted by molar-refractivity contribution is 0.143. The molecule has 0 bridgehead atoms. The number of benzene rings is 2. The van der Waals surface area contributed by atoms with E-state index in [1.54, 1.807) is 0 Å². The van der Waals surface area contributed by atoms with E-state index in [2.05, 4.69) is 130 Å². The number of hydrogen-bond donors (Lipinski definition) is 1. The molecule has 1 N–H and O–H groups in total. The molecule has 1 aliphatic heterocycles. The Balaban J connectivity index is 0.000000282. The molecular formula is C47H70N6. The van der Waals surface area contributed by atoms with Gasteiger partial charge in [-0.2, -0.15) is 5.26 Å². The first-order chi connectivity index (χ1) is 25.1. The number of nitrogens with zero attached hydrogens (tertiary/aromatic N) is 5. The third-order valence-corrected chi connectivity index (χ3v) is 10.4. The van der Waals surface area contributed by atoms with Gasteiger partial charge in [-0.05, 0) is 104 Å². The maximum atomic E-state index is 9.68. The van der Waals surface area contributed by atoms with Crippen molar-refractivity contribution in [2.75, 3.05) is 19.6 Å². The average Bonchev–Trinajstić information content (AvgIpc) is 3.47. The number of imidazole rings is 1. The number of nitrogens with one attached hydrogen (secondary N) is 1. The van der Waals surface area contributed by atoms with Crippen molar-refractivity contribution in [3.8, 4) is 6.07 Å². The molecule has 2 aromatic heterocycles. The van der Waals surface area contributed by atoms with E-state index in [1.807, 2.05) is 40.8 Å². The van der Waals surface area contributed by atoms with Crippen molar-refractivity contribution in [3.05, 3.63) is 100 Å². The fourth-order valence-corrected chi connectivity index (χ4v) is 7.33. The number of rotatable bonds is 11. The summed E-state index contributed by atoms with van der Waals surface area (Å²) < 4.78 is 2.29. The van der Waals surface area contributed by atoms with Gasteiger partial charge in [0.2, 0.25) is 0 Å². The fourth-order valence-electron chi connectivity index (χ4n) is 7.33. The standard InChI is InChI=1S/C24H35N5.C21H29N.C2H6/c1-7-18-11-19(17(3)4)12-21-23(18)27-22(29(21)16-24(5,6)15-25)14-28-10-9-26-13-20(28)8-2;1-7-9-17-10-8-11-18(21(4,5)6)20(17)16(3)19-13-12-15(2)14-22-19;1-2/h11-12,20,26H,3,7-10,13-14,16H2,1-2,4-6H3;8,10-14,16H,7,9H2,1-6H3;1-2H3. The van der Waals surface area contributed by atoms with E-state index >= 15 is 0 Å². The van der Waals surface area contributed by atoms with Gasteiger partial charge < -0.3 is 9.88 Å². The highest BCUT2D eigenvalue weighted by molar-refractivity contribution is 5.84. The lowest BCUT2D eigenvalue weighted by atomic mass is 9.77. The van der Waals surface area contributed by atoms with Gasteiger partial charge in [-0.25, -0.2) is 4.98 Å². The highest BCUT2D eigenvalue weighted by atomic mass is 15.2. The van der Waals surface area contributed by atoms with Gasteiger partial charge in [0.25, 0.3) is 0 Å². The summed E-state index contributed by atoms with van der Waals surface area (Å²) in [7, 11) is 0. The van der Waals surface area contributed by atoms with Crippen LogP contribution in [0.1, 0.15) is 147 Å². The molecular weight excluding hydrogens is 649 g/mol. The highest BCUT2D eigenvalue weighted by Gasteiger charge is 2.27. The van der Waals surface area contributed by atoms with E-state index in [0.29, 0.717) is 18.5 Å². The second kappa shape index (κ2) is 19.5. The van der Waals surface area contributed by atoms with Crippen molar-refractivity contribution in [1.29, 1.82) is 5.26 Å². The minimum Gasteiger partial charge on any atom is -0.325 e. The molecule has 2 aromatic carbocycles. The molecule has 3 heterocycles. The molecule has 2 unspecified atom stereocenters. The van der Waals surface area contributed by atoms with E-state index in [9.17, 15) is 5.26 Å². The minimum absolute atomic E-state index is 0.151. The lowest BCUT2D eigenvalue weighted by Gasteiger charge is -2.35. The summed E-state index contributed by atoms with van der Waals surface area (Å²) >= 11 is 0. The SMILES string of the molecule is C=C(C)c1cc(CC)c2nc(CN3CCNCC3CC)n(CC(C)(C)C#N)c2c1.CC.CCCc1cccc(C(C)(C)C)c1C(C)c1ccc(C)cn1. The largest absolute Gasteiger partial charge is 0.325 e. The van der Waals surface area contributed by atoms with Gasteiger partial charge in [0.1, 0.15) is 5.82 Å². The summed E-state index contributed by atoms with van der Waals surface area (Å²) in [5.74, 6) is 1.40. The normalized spacial score (nSPS) is 15.5. The summed E-state index contributed by atoms with van der Waals surface area (Å²) in [4.78, 5) is 12.3. The number of fused-ring (bicyclic) bond motifs is 1. The molecule has 4 aromatic rings. The Labute approximate surface area is 323 Å². The third-order valence-electron chi connectivity index (χ3n) is 10.4. The van der Waals surface area contributed by atoms with E-state index in [1.165, 1.54) is 39.9 Å². The molecule has 53 heavy (non-hydrogen) atoms. The summed E-state index contributed by atoms with van der Waals surface area (Å²) in [5.41, 5.74) is 12.2. The van der Waals surface area contributed by atoms with Gasteiger partial charge in [0.15, 0.2) is 0 Å². The Morgan fingerprint density at radius 3 is 2.34 bits per heavy atom. The Bertz CT molecular complexity index is 1820. The van der Waals surface area contributed by atoms with Crippen molar-refractivity contribution in [2.45, 2.75) is 146 Å². The second-order valence-corrected chi connectivity index (χ2v) is 16.3. The predicted octanol–water partition coefficient (Wildman–Crippen LogP) is 11.2. The van der Waals surface area contributed by atoms with Crippen LogP contribution in [-0.2, 0) is 31.3 Å². The van der Waals surface area contributed by atoms with Crippen molar-refractivity contribution >= 4 is 16.6 Å². The van der Waals surface area contributed by atoms with Gasteiger partial charge in [0.05, 0.1) is 29.1 Å². The van der Waals surface area contributed by atoms with Crippen LogP contribution in [0.4, 0.5) is 0 Å². The zero-order valence-electron chi connectivity index (χ0n) is 35.6. The van der Waals surface area contributed by atoms with Crippen LogP contribution in [0.25, 0.3) is 16.6 Å². The Morgan fingerprint density at radius 2 is 1.77 bits per heavy atom. The molecule has 0 amide bonds. The summed E-state index contributed by atoms with van der Waals surface area (Å²) in [6.07, 6.45) is 6.34. The number of hydrogen-bond acceptors (Lipinski definition) is 5. The Hall–Kier alpha value is -3.79. The molecule has 0 aliphatic carbocycles. The van der Waals surface area contributed by atoms with Crippen LogP contribution < -0.4 is 5.32 Å². The van der Waals surface area contributed by atoms with Crippen LogP contribution in [0, 0.1) is 23.7 Å². The van der Waals surface area contributed by atoms with E-state index in [0.717, 1.165) is 73.4 Å². The zero-order valence-corrected chi connectivity index (χ0v) is 35.6. The second-order valence-electron chi connectivity index (χ2n) is 16.3. The zero-order chi connectivity index (χ0) is 39.5. The van der Waals surface area contributed by atoms with Crippen molar-refractivity contribution in [2.24, 2.45) is 5.41 Å². The first-order valence-electron chi connectivity index (χ1n) is 20.2. The number of pyridine rings is 1. The van der Waals surface area contributed by atoms with E-state index < -0.39 is 5.41 Å². The predicted molar refractivity (Wildman–Crippen MR) is 228 cm³/mol. The molecule has 0 radical (unpaired) electrons. The fraction of sp³-hybridized carbons (Fsp3) is 0.553. The summed E-state index contributed by atoms with van der Waals surface area (Å²) in [5, 5.41) is 13.2. The number of aryl methyl sites for hydroxylation is 3. The summed E-state index contributed by atoms with van der Waals surface area (Å²) in [6, 6.07) is 18.6. The quantitative estimate of drug-likeness (QED) is 0.167. The van der Waals surface area contributed by atoms with Crippen LogP contribution in [0.5, 0.6) is 0 Å². The minimum atomic E-state index is -0.457. The first-order valence-corrected chi connectivity index (χ1v) is 20.2. The molecule has 0 saturated carbocycles. The van der Waals surface area contributed by atoms with Gasteiger partial charge in [-0.3, -0.25) is 9.88 Å². The number of piperazine rings is 1. The average molecular weight is 719 g/mol. The third kappa shape index (κ3) is 11.1. The van der Waals surface area contributed by atoms with Crippen LogP contribution in [-0.4, -0.2) is 45.1 Å². The van der Waals surface area contributed by atoms with Crippen LogP contribution in [0.3, 0.4) is 0 Å². The topological polar surface area (TPSA) is 69.8 Å². The molecule has 2 atom stereocenters. The molecule has 288 valence electrons. The highest BCUT2D eigenvalue weighted by Crippen LogP contribution is 2.36. The maximum absolute atomic E-state index is 9.68. The number of aromatic nitrogens is 3. The first kappa shape index (κ1) is 43.6. The number of nitriles is 1. The number of allylic oxidation sites excluding steroid dienone is 1. The molecule has 6 heteroatoms. The van der Waals surface area contributed by atoms with Crippen molar-refractivity contribution < 1.29 is 0 Å².